The summed E-state index contributed by atoms with van der Waals surface area (Å²) in [5.41, 5.74) is 0.394. The lowest BCUT2D eigenvalue weighted by atomic mass is 10.1. The first-order valence-electron chi connectivity index (χ1n) is 8.00. The maximum Gasteiger partial charge on any atom is 0.416 e. The van der Waals surface area contributed by atoms with Gasteiger partial charge in [-0.25, -0.2) is 4.98 Å². The van der Waals surface area contributed by atoms with Gasteiger partial charge in [-0.05, 0) is 48.0 Å². The third kappa shape index (κ3) is 4.81. The molecular formula is C19H15F3N4O. The number of anilines is 2. The largest absolute Gasteiger partial charge is 0.416 e. The van der Waals surface area contributed by atoms with Gasteiger partial charge in [0.15, 0.2) is 0 Å². The number of aromatic nitrogens is 2. The second-order valence-electron chi connectivity index (χ2n) is 5.64. The molecule has 2 N–H and O–H groups in total. The molecule has 138 valence electrons. The lowest BCUT2D eigenvalue weighted by Crippen LogP contribution is -2.16. The molecule has 0 bridgehead atoms. The zero-order valence-electron chi connectivity index (χ0n) is 14.0. The Morgan fingerprint density at radius 2 is 1.78 bits per heavy atom. The van der Waals surface area contributed by atoms with Crippen molar-refractivity contribution < 1.29 is 18.0 Å². The molecule has 2 aromatic heterocycles. The number of hydrogen-bond acceptors (Lipinski definition) is 4. The number of rotatable bonds is 5. The van der Waals surface area contributed by atoms with Gasteiger partial charge >= 0.3 is 6.18 Å². The molecule has 8 heteroatoms. The van der Waals surface area contributed by atoms with E-state index in [1.807, 2.05) is 12.1 Å². The molecule has 0 saturated carbocycles. The summed E-state index contributed by atoms with van der Waals surface area (Å²) in [6.45, 7) is 0.420. The molecule has 0 aliphatic heterocycles. The number of nitrogens with one attached hydrogen (secondary N) is 2. The molecule has 0 unspecified atom stereocenters. The summed E-state index contributed by atoms with van der Waals surface area (Å²) in [5.74, 6) is -0.224. The first kappa shape index (κ1) is 18.4. The van der Waals surface area contributed by atoms with Crippen LogP contribution in [0.15, 0.2) is 67.1 Å². The van der Waals surface area contributed by atoms with E-state index in [1.54, 1.807) is 24.5 Å². The predicted molar refractivity (Wildman–Crippen MR) is 95.2 cm³/mol. The van der Waals surface area contributed by atoms with Gasteiger partial charge in [0, 0.05) is 30.8 Å². The summed E-state index contributed by atoms with van der Waals surface area (Å²) < 4.78 is 38.5. The van der Waals surface area contributed by atoms with Crippen molar-refractivity contribution in [2.75, 3.05) is 10.6 Å². The standard InChI is InChI=1S/C19H15F3N4O/c20-19(21,22)14-3-1-4-15(11-14)26-18(27)16-5-2-8-24-17(16)25-12-13-6-9-23-10-7-13/h1-11H,12H2,(H,24,25)(H,26,27). The number of hydrogen-bond donors (Lipinski definition) is 2. The molecule has 0 atom stereocenters. The molecule has 0 spiro atoms. The minimum absolute atomic E-state index is 0.0544. The van der Waals surface area contributed by atoms with Crippen LogP contribution in [-0.2, 0) is 12.7 Å². The van der Waals surface area contributed by atoms with Crippen LogP contribution in [0, 0.1) is 0 Å². The maximum atomic E-state index is 12.8. The van der Waals surface area contributed by atoms with E-state index in [4.69, 9.17) is 0 Å². The zero-order valence-corrected chi connectivity index (χ0v) is 14.0. The van der Waals surface area contributed by atoms with Gasteiger partial charge in [0.1, 0.15) is 5.82 Å². The molecule has 0 saturated heterocycles. The predicted octanol–water partition coefficient (Wildman–Crippen LogP) is 4.36. The number of halogens is 3. The van der Waals surface area contributed by atoms with E-state index in [1.165, 1.54) is 18.3 Å². The topological polar surface area (TPSA) is 66.9 Å². The SMILES string of the molecule is O=C(Nc1cccc(C(F)(F)F)c1)c1cccnc1NCc1ccncc1. The van der Waals surface area contributed by atoms with Crippen molar-refractivity contribution in [3.8, 4) is 0 Å². The fourth-order valence-corrected chi connectivity index (χ4v) is 2.39. The monoisotopic (exact) mass is 372 g/mol. The number of amides is 1. The van der Waals surface area contributed by atoms with Gasteiger partial charge in [0.25, 0.3) is 5.91 Å². The van der Waals surface area contributed by atoms with Crippen LogP contribution >= 0.6 is 0 Å². The first-order chi connectivity index (χ1) is 12.9. The highest BCUT2D eigenvalue weighted by molar-refractivity contribution is 6.07. The number of carbonyl (C=O) groups excluding carboxylic acids is 1. The van der Waals surface area contributed by atoms with E-state index in [0.717, 1.165) is 17.7 Å². The highest BCUT2D eigenvalue weighted by Gasteiger charge is 2.30. The first-order valence-corrected chi connectivity index (χ1v) is 8.00. The summed E-state index contributed by atoms with van der Waals surface area (Å²) in [5, 5.41) is 5.53. The van der Waals surface area contributed by atoms with E-state index in [2.05, 4.69) is 20.6 Å². The van der Waals surface area contributed by atoms with Gasteiger partial charge in [0.2, 0.25) is 0 Å². The second-order valence-corrected chi connectivity index (χ2v) is 5.64. The number of nitrogens with zero attached hydrogens (tertiary/aromatic N) is 2. The van der Waals surface area contributed by atoms with Gasteiger partial charge in [0.05, 0.1) is 11.1 Å². The Morgan fingerprint density at radius 3 is 2.52 bits per heavy atom. The Hall–Kier alpha value is -3.42. The van der Waals surface area contributed by atoms with Gasteiger partial charge in [-0.3, -0.25) is 9.78 Å². The highest BCUT2D eigenvalue weighted by atomic mass is 19.4. The summed E-state index contributed by atoms with van der Waals surface area (Å²) in [6, 6.07) is 11.2. The summed E-state index contributed by atoms with van der Waals surface area (Å²) in [7, 11) is 0. The van der Waals surface area contributed by atoms with Gasteiger partial charge < -0.3 is 10.6 Å². The molecule has 3 aromatic rings. The van der Waals surface area contributed by atoms with Crippen molar-refractivity contribution in [3.05, 3.63) is 83.8 Å². The molecule has 0 fully saturated rings. The van der Waals surface area contributed by atoms with Crippen LogP contribution in [0.5, 0.6) is 0 Å². The Labute approximate surface area is 153 Å². The maximum absolute atomic E-state index is 12.8. The van der Waals surface area contributed by atoms with Gasteiger partial charge in [-0.15, -0.1) is 0 Å². The van der Waals surface area contributed by atoms with E-state index in [9.17, 15) is 18.0 Å². The zero-order chi connectivity index (χ0) is 19.3. The van der Waals surface area contributed by atoms with Crippen LogP contribution in [0.4, 0.5) is 24.7 Å². The Bertz CT molecular complexity index is 929. The Balaban J connectivity index is 1.75. The average molecular weight is 372 g/mol. The van der Waals surface area contributed by atoms with Crippen molar-refractivity contribution >= 4 is 17.4 Å². The molecule has 0 aliphatic rings. The van der Waals surface area contributed by atoms with Crippen LogP contribution in [0.25, 0.3) is 0 Å². The molecular weight excluding hydrogens is 357 g/mol. The number of carbonyl (C=O) groups is 1. The molecule has 2 heterocycles. The molecule has 1 aromatic carbocycles. The average Bonchev–Trinajstić information content (AvgIpc) is 2.67. The molecule has 1 amide bonds. The summed E-state index contributed by atoms with van der Waals surface area (Å²) >= 11 is 0. The van der Waals surface area contributed by atoms with Crippen molar-refractivity contribution in [1.82, 2.24) is 9.97 Å². The van der Waals surface area contributed by atoms with Gasteiger partial charge in [-0.2, -0.15) is 13.2 Å². The fourth-order valence-electron chi connectivity index (χ4n) is 2.39. The number of benzene rings is 1. The lowest BCUT2D eigenvalue weighted by Gasteiger charge is -2.12. The van der Waals surface area contributed by atoms with E-state index in [-0.39, 0.29) is 11.3 Å². The summed E-state index contributed by atoms with van der Waals surface area (Å²) in [4.78, 5) is 20.6. The summed E-state index contributed by atoms with van der Waals surface area (Å²) in [6.07, 6.45) is 0.343. The lowest BCUT2D eigenvalue weighted by molar-refractivity contribution is -0.137. The fraction of sp³-hybridized carbons (Fsp3) is 0.105. The smallest absolute Gasteiger partial charge is 0.365 e. The molecule has 3 rings (SSSR count). The normalized spacial score (nSPS) is 11.1. The van der Waals surface area contributed by atoms with Crippen LogP contribution in [0.3, 0.4) is 0 Å². The van der Waals surface area contributed by atoms with E-state index in [0.29, 0.717) is 12.4 Å². The molecule has 0 radical (unpaired) electrons. The third-order valence-corrected chi connectivity index (χ3v) is 3.71. The molecule has 0 aliphatic carbocycles. The van der Waals surface area contributed by atoms with Crippen LogP contribution in [0.2, 0.25) is 0 Å². The minimum atomic E-state index is -4.48. The highest BCUT2D eigenvalue weighted by Crippen LogP contribution is 2.30. The molecule has 5 nitrogen and oxygen atoms in total. The van der Waals surface area contributed by atoms with Crippen molar-refractivity contribution in [1.29, 1.82) is 0 Å². The minimum Gasteiger partial charge on any atom is -0.365 e. The van der Waals surface area contributed by atoms with E-state index < -0.39 is 17.6 Å². The molecule has 27 heavy (non-hydrogen) atoms. The van der Waals surface area contributed by atoms with Crippen molar-refractivity contribution in [3.63, 3.8) is 0 Å². The van der Waals surface area contributed by atoms with Crippen molar-refractivity contribution in [2.45, 2.75) is 12.7 Å². The van der Waals surface area contributed by atoms with E-state index >= 15 is 0 Å². The Morgan fingerprint density at radius 1 is 1.00 bits per heavy atom. The van der Waals surface area contributed by atoms with Crippen molar-refractivity contribution in [2.24, 2.45) is 0 Å². The second kappa shape index (κ2) is 7.86. The van der Waals surface area contributed by atoms with Crippen LogP contribution in [-0.4, -0.2) is 15.9 Å². The number of alkyl halides is 3. The van der Waals surface area contributed by atoms with Gasteiger partial charge in [-0.1, -0.05) is 6.07 Å². The quantitative estimate of drug-likeness (QED) is 0.698. The van der Waals surface area contributed by atoms with Crippen LogP contribution < -0.4 is 10.6 Å². The third-order valence-electron chi connectivity index (χ3n) is 3.71. The Kier molecular flexibility index (Phi) is 5.35. The number of pyridine rings is 2. The van der Waals surface area contributed by atoms with Crippen LogP contribution in [0.1, 0.15) is 21.5 Å².